The van der Waals surface area contributed by atoms with Gasteiger partial charge in [0.1, 0.15) is 11.4 Å². The van der Waals surface area contributed by atoms with Crippen LogP contribution in [0.25, 0.3) is 11.0 Å². The predicted octanol–water partition coefficient (Wildman–Crippen LogP) is 4.49. The summed E-state index contributed by atoms with van der Waals surface area (Å²) in [5, 5.41) is 4.29. The van der Waals surface area contributed by atoms with Crippen molar-refractivity contribution in [2.24, 2.45) is 0 Å². The Balaban J connectivity index is 1.80. The van der Waals surface area contributed by atoms with Crippen molar-refractivity contribution < 1.29 is 8.81 Å². The molecule has 2 aromatic carbocycles. The normalized spacial score (nSPS) is 10.8. The quantitative estimate of drug-likeness (QED) is 0.745. The van der Waals surface area contributed by atoms with Crippen LogP contribution >= 0.6 is 0 Å². The summed E-state index contributed by atoms with van der Waals surface area (Å²) in [6.45, 7) is 2.36. The fourth-order valence-electron chi connectivity index (χ4n) is 2.07. The lowest BCUT2D eigenvalue weighted by Crippen LogP contribution is -1.99. The first kappa shape index (κ1) is 11.8. The molecule has 0 fully saturated rings. The molecule has 0 spiro atoms. The number of hydrogen-bond donors (Lipinski definition) is 1. The van der Waals surface area contributed by atoms with Crippen LogP contribution in [0.2, 0.25) is 0 Å². The van der Waals surface area contributed by atoms with Crippen LogP contribution in [0, 0.1) is 12.7 Å². The van der Waals surface area contributed by atoms with E-state index >= 15 is 0 Å². The second-order valence-electron chi connectivity index (χ2n) is 4.57. The van der Waals surface area contributed by atoms with E-state index < -0.39 is 0 Å². The molecular weight excluding hydrogens is 241 g/mol. The van der Waals surface area contributed by atoms with Gasteiger partial charge >= 0.3 is 0 Å². The molecule has 1 aromatic heterocycles. The van der Waals surface area contributed by atoms with Crippen molar-refractivity contribution in [2.75, 3.05) is 5.32 Å². The highest BCUT2D eigenvalue weighted by Crippen LogP contribution is 2.22. The van der Waals surface area contributed by atoms with E-state index in [0.29, 0.717) is 12.1 Å². The van der Waals surface area contributed by atoms with Crippen molar-refractivity contribution in [2.45, 2.75) is 13.5 Å². The molecule has 1 N–H and O–H groups in total. The average Bonchev–Trinajstić information content (AvgIpc) is 2.83. The molecule has 0 bridgehead atoms. The first-order valence-electron chi connectivity index (χ1n) is 6.19. The summed E-state index contributed by atoms with van der Waals surface area (Å²) in [5.74, 6) is -0.193. The molecule has 0 saturated carbocycles. The van der Waals surface area contributed by atoms with Gasteiger partial charge in [-0.25, -0.2) is 4.39 Å². The maximum absolute atomic E-state index is 13.4. The summed E-state index contributed by atoms with van der Waals surface area (Å²) < 4.78 is 18.9. The third-order valence-corrected chi connectivity index (χ3v) is 3.22. The Kier molecular flexibility index (Phi) is 2.95. The van der Waals surface area contributed by atoms with Crippen LogP contribution in [0.15, 0.2) is 53.1 Å². The van der Waals surface area contributed by atoms with E-state index in [2.05, 4.69) is 5.32 Å². The molecule has 0 aliphatic heterocycles. The highest BCUT2D eigenvalue weighted by Gasteiger charge is 2.05. The van der Waals surface area contributed by atoms with Crippen molar-refractivity contribution in [3.63, 3.8) is 0 Å². The van der Waals surface area contributed by atoms with Gasteiger partial charge in [-0.15, -0.1) is 0 Å². The number of hydrogen-bond acceptors (Lipinski definition) is 2. The van der Waals surface area contributed by atoms with E-state index in [-0.39, 0.29) is 5.82 Å². The fraction of sp³-hybridized carbons (Fsp3) is 0.125. The number of anilines is 1. The molecule has 0 aliphatic rings. The standard InChI is InChI=1S/C16H14FNO/c1-11-6-7-13(8-15(11)17)18-9-12-10-19-16-5-3-2-4-14(12)16/h2-8,10,18H,9H2,1H3. The summed E-state index contributed by atoms with van der Waals surface area (Å²) in [7, 11) is 0. The molecule has 1 heterocycles. The summed E-state index contributed by atoms with van der Waals surface area (Å²) in [5.41, 5.74) is 3.36. The zero-order chi connectivity index (χ0) is 13.2. The number of furan rings is 1. The monoisotopic (exact) mass is 255 g/mol. The minimum atomic E-state index is -0.193. The van der Waals surface area contributed by atoms with Gasteiger partial charge in [0.15, 0.2) is 0 Å². The third-order valence-electron chi connectivity index (χ3n) is 3.22. The molecular formula is C16H14FNO. The molecule has 19 heavy (non-hydrogen) atoms. The lowest BCUT2D eigenvalue weighted by molar-refractivity contribution is 0.611. The first-order valence-corrected chi connectivity index (χ1v) is 6.19. The number of nitrogens with one attached hydrogen (secondary N) is 1. The highest BCUT2D eigenvalue weighted by molar-refractivity contribution is 5.81. The van der Waals surface area contributed by atoms with E-state index in [4.69, 9.17) is 4.42 Å². The molecule has 2 nitrogen and oxygen atoms in total. The van der Waals surface area contributed by atoms with Gasteiger partial charge in [0, 0.05) is 23.2 Å². The number of benzene rings is 2. The van der Waals surface area contributed by atoms with Crippen molar-refractivity contribution in [1.82, 2.24) is 0 Å². The van der Waals surface area contributed by atoms with E-state index in [1.54, 1.807) is 19.3 Å². The second kappa shape index (κ2) is 4.76. The van der Waals surface area contributed by atoms with E-state index in [1.165, 1.54) is 6.07 Å². The smallest absolute Gasteiger partial charge is 0.134 e. The van der Waals surface area contributed by atoms with Crippen molar-refractivity contribution in [3.8, 4) is 0 Å². The molecule has 0 unspecified atom stereocenters. The van der Waals surface area contributed by atoms with E-state index in [9.17, 15) is 4.39 Å². The van der Waals surface area contributed by atoms with Crippen LogP contribution in [0.4, 0.5) is 10.1 Å². The highest BCUT2D eigenvalue weighted by atomic mass is 19.1. The average molecular weight is 255 g/mol. The minimum absolute atomic E-state index is 0.193. The number of fused-ring (bicyclic) bond motifs is 1. The van der Waals surface area contributed by atoms with Crippen LogP contribution in [-0.4, -0.2) is 0 Å². The van der Waals surface area contributed by atoms with Gasteiger partial charge < -0.3 is 9.73 Å². The second-order valence-corrected chi connectivity index (χ2v) is 4.57. The van der Waals surface area contributed by atoms with Gasteiger partial charge in [-0.3, -0.25) is 0 Å². The number of para-hydroxylation sites is 1. The van der Waals surface area contributed by atoms with Crippen molar-refractivity contribution in [3.05, 3.63) is 65.7 Å². The lowest BCUT2D eigenvalue weighted by atomic mass is 10.1. The molecule has 3 aromatic rings. The molecule has 0 saturated heterocycles. The Morgan fingerprint density at radius 1 is 1.16 bits per heavy atom. The zero-order valence-corrected chi connectivity index (χ0v) is 10.6. The molecule has 0 amide bonds. The van der Waals surface area contributed by atoms with Gasteiger partial charge in [0.2, 0.25) is 0 Å². The molecule has 0 radical (unpaired) electrons. The minimum Gasteiger partial charge on any atom is -0.464 e. The maximum Gasteiger partial charge on any atom is 0.134 e. The number of halogens is 1. The molecule has 0 aliphatic carbocycles. The van der Waals surface area contributed by atoms with Gasteiger partial charge in [-0.1, -0.05) is 24.3 Å². The molecule has 3 rings (SSSR count). The Hall–Kier alpha value is -2.29. The fourth-order valence-corrected chi connectivity index (χ4v) is 2.07. The Bertz CT molecular complexity index is 718. The largest absolute Gasteiger partial charge is 0.464 e. The molecule has 0 atom stereocenters. The summed E-state index contributed by atoms with van der Waals surface area (Å²) in [6.07, 6.45) is 1.74. The van der Waals surface area contributed by atoms with Gasteiger partial charge in [0.25, 0.3) is 0 Å². The first-order chi connectivity index (χ1) is 9.24. The van der Waals surface area contributed by atoms with Crippen molar-refractivity contribution in [1.29, 1.82) is 0 Å². The predicted molar refractivity (Wildman–Crippen MR) is 74.7 cm³/mol. The van der Waals surface area contributed by atoms with Gasteiger partial charge in [-0.05, 0) is 30.7 Å². The van der Waals surface area contributed by atoms with E-state index in [1.807, 2.05) is 30.3 Å². The third kappa shape index (κ3) is 2.32. The summed E-state index contributed by atoms with van der Waals surface area (Å²) in [4.78, 5) is 0. The van der Waals surface area contributed by atoms with Crippen LogP contribution in [0.1, 0.15) is 11.1 Å². The zero-order valence-electron chi connectivity index (χ0n) is 10.6. The van der Waals surface area contributed by atoms with Crippen LogP contribution in [0.5, 0.6) is 0 Å². The van der Waals surface area contributed by atoms with Crippen LogP contribution in [0.3, 0.4) is 0 Å². The lowest BCUT2D eigenvalue weighted by Gasteiger charge is -2.06. The maximum atomic E-state index is 13.4. The van der Waals surface area contributed by atoms with Crippen molar-refractivity contribution >= 4 is 16.7 Å². The molecule has 96 valence electrons. The van der Waals surface area contributed by atoms with Crippen LogP contribution < -0.4 is 5.32 Å². The summed E-state index contributed by atoms with van der Waals surface area (Å²) in [6, 6.07) is 13.0. The Labute approximate surface area is 110 Å². The Morgan fingerprint density at radius 2 is 2.00 bits per heavy atom. The van der Waals surface area contributed by atoms with Gasteiger partial charge in [-0.2, -0.15) is 0 Å². The molecule has 3 heteroatoms. The van der Waals surface area contributed by atoms with Gasteiger partial charge in [0.05, 0.1) is 6.26 Å². The van der Waals surface area contributed by atoms with Crippen LogP contribution in [-0.2, 0) is 6.54 Å². The topological polar surface area (TPSA) is 25.2 Å². The number of aryl methyl sites for hydroxylation is 1. The number of rotatable bonds is 3. The summed E-state index contributed by atoms with van der Waals surface area (Å²) >= 11 is 0. The SMILES string of the molecule is Cc1ccc(NCc2coc3ccccc23)cc1F. The van der Waals surface area contributed by atoms with E-state index in [0.717, 1.165) is 22.2 Å². The Morgan fingerprint density at radius 3 is 2.84 bits per heavy atom.